The quantitative estimate of drug-likeness (QED) is 0.652. The van der Waals surface area contributed by atoms with Crippen LogP contribution in [-0.2, 0) is 14.6 Å². The van der Waals surface area contributed by atoms with Crippen LogP contribution < -0.4 is 5.32 Å². The number of nitrogens with zero attached hydrogens (tertiary/aromatic N) is 1. The van der Waals surface area contributed by atoms with E-state index in [1.807, 2.05) is 4.90 Å². The van der Waals surface area contributed by atoms with E-state index in [1.54, 1.807) is 0 Å². The van der Waals surface area contributed by atoms with E-state index in [-0.39, 0.29) is 11.7 Å². The van der Waals surface area contributed by atoms with Crippen molar-refractivity contribution in [1.82, 2.24) is 10.2 Å². The summed E-state index contributed by atoms with van der Waals surface area (Å²) in [6, 6.07) is 0. The number of amides is 1. The average molecular weight is 248 g/mol. The minimum atomic E-state index is -2.90. The Kier molecular flexibility index (Phi) is 5.21. The van der Waals surface area contributed by atoms with Gasteiger partial charge < -0.3 is 10.2 Å². The molecule has 6 heteroatoms. The van der Waals surface area contributed by atoms with Crippen molar-refractivity contribution in [3.63, 3.8) is 0 Å². The fourth-order valence-electron chi connectivity index (χ4n) is 1.70. The number of likely N-dealkylation sites (tertiary alicyclic amines) is 1. The van der Waals surface area contributed by atoms with Crippen LogP contribution in [0.4, 0.5) is 0 Å². The van der Waals surface area contributed by atoms with E-state index in [0.717, 1.165) is 25.9 Å². The molecule has 0 aromatic rings. The minimum absolute atomic E-state index is 0.130. The van der Waals surface area contributed by atoms with Gasteiger partial charge in [-0.25, -0.2) is 8.42 Å². The first-order chi connectivity index (χ1) is 7.49. The zero-order chi connectivity index (χ0) is 12.0. The van der Waals surface area contributed by atoms with Crippen molar-refractivity contribution >= 4 is 15.7 Å². The van der Waals surface area contributed by atoms with Gasteiger partial charge in [0.1, 0.15) is 9.84 Å². The Morgan fingerprint density at radius 3 is 2.44 bits per heavy atom. The van der Waals surface area contributed by atoms with Crippen LogP contribution in [0.3, 0.4) is 0 Å². The molecule has 0 aliphatic carbocycles. The van der Waals surface area contributed by atoms with Crippen molar-refractivity contribution in [1.29, 1.82) is 0 Å². The van der Waals surface area contributed by atoms with E-state index in [9.17, 15) is 13.2 Å². The zero-order valence-corrected chi connectivity index (χ0v) is 10.6. The number of hydrogen-bond acceptors (Lipinski definition) is 4. The van der Waals surface area contributed by atoms with Gasteiger partial charge in [0.25, 0.3) is 0 Å². The predicted octanol–water partition coefficient (Wildman–Crippen LogP) is -0.367. The van der Waals surface area contributed by atoms with Gasteiger partial charge in [-0.1, -0.05) is 0 Å². The molecular weight excluding hydrogens is 228 g/mol. The first kappa shape index (κ1) is 13.4. The summed E-state index contributed by atoms with van der Waals surface area (Å²) in [5, 5.41) is 2.97. The lowest BCUT2D eigenvalue weighted by molar-refractivity contribution is -0.130. The number of sulfone groups is 1. The van der Waals surface area contributed by atoms with Crippen molar-refractivity contribution in [2.45, 2.75) is 19.3 Å². The van der Waals surface area contributed by atoms with Crippen molar-refractivity contribution in [2.75, 3.05) is 38.2 Å². The van der Waals surface area contributed by atoms with E-state index >= 15 is 0 Å². The Bertz CT molecular complexity index is 321. The molecule has 1 aliphatic rings. The molecule has 1 heterocycles. The summed E-state index contributed by atoms with van der Waals surface area (Å²) in [5.41, 5.74) is 0. The molecule has 0 atom stereocenters. The van der Waals surface area contributed by atoms with Crippen molar-refractivity contribution in [2.24, 2.45) is 0 Å². The summed E-state index contributed by atoms with van der Waals surface area (Å²) in [5.74, 6) is 0.301. The Balaban J connectivity index is 2.04. The smallest absolute Gasteiger partial charge is 0.223 e. The van der Waals surface area contributed by atoms with Crippen molar-refractivity contribution in [3.05, 3.63) is 0 Å². The third-order valence-electron chi connectivity index (χ3n) is 2.62. The summed E-state index contributed by atoms with van der Waals surface area (Å²) in [6.07, 6.45) is 3.88. The lowest BCUT2D eigenvalue weighted by Gasteiger charge is -2.14. The van der Waals surface area contributed by atoms with Crippen molar-refractivity contribution < 1.29 is 13.2 Å². The van der Waals surface area contributed by atoms with Crippen molar-refractivity contribution in [3.8, 4) is 0 Å². The second-order valence-corrected chi connectivity index (χ2v) is 6.48. The number of hydrogen-bond donors (Lipinski definition) is 1. The molecule has 5 nitrogen and oxygen atoms in total. The normalized spacial score (nSPS) is 16.7. The van der Waals surface area contributed by atoms with Crippen LogP contribution in [0, 0.1) is 0 Å². The van der Waals surface area contributed by atoms with Crippen LogP contribution >= 0.6 is 0 Å². The molecule has 0 unspecified atom stereocenters. The van der Waals surface area contributed by atoms with Crippen LogP contribution in [0.1, 0.15) is 19.3 Å². The molecule has 16 heavy (non-hydrogen) atoms. The van der Waals surface area contributed by atoms with Gasteiger partial charge in [0, 0.05) is 38.9 Å². The topological polar surface area (TPSA) is 66.5 Å². The summed E-state index contributed by atoms with van der Waals surface area (Å²) in [7, 11) is -2.90. The second kappa shape index (κ2) is 6.20. The highest BCUT2D eigenvalue weighted by molar-refractivity contribution is 7.90. The number of carbonyl (C=O) groups is 1. The maximum Gasteiger partial charge on any atom is 0.223 e. The molecule has 0 spiro atoms. The Morgan fingerprint density at radius 1 is 1.25 bits per heavy atom. The standard InChI is InChI=1S/C10H20N2O3S/c1-16(14,15)9-6-11-5-4-10(13)12-7-2-3-8-12/h11H,2-9H2,1H3. The monoisotopic (exact) mass is 248 g/mol. The van der Waals surface area contributed by atoms with E-state index in [4.69, 9.17) is 0 Å². The van der Waals surface area contributed by atoms with E-state index in [0.29, 0.717) is 19.5 Å². The maximum absolute atomic E-state index is 11.6. The molecule has 0 aromatic carbocycles. The van der Waals surface area contributed by atoms with Gasteiger partial charge in [-0.3, -0.25) is 4.79 Å². The summed E-state index contributed by atoms with van der Waals surface area (Å²) in [6.45, 7) is 2.74. The van der Waals surface area contributed by atoms with Gasteiger partial charge in [-0.2, -0.15) is 0 Å². The first-order valence-corrected chi connectivity index (χ1v) is 7.71. The highest BCUT2D eigenvalue weighted by Crippen LogP contribution is 2.08. The summed E-state index contributed by atoms with van der Waals surface area (Å²) < 4.78 is 21.6. The number of nitrogens with one attached hydrogen (secondary N) is 1. The van der Waals surface area contributed by atoms with Crippen LogP contribution in [0.15, 0.2) is 0 Å². The molecule has 1 rings (SSSR count). The SMILES string of the molecule is CS(=O)(=O)CCNCCC(=O)N1CCCC1. The molecule has 1 fully saturated rings. The third-order valence-corrected chi connectivity index (χ3v) is 3.57. The Morgan fingerprint density at radius 2 is 1.88 bits per heavy atom. The van der Waals surface area contributed by atoms with Gasteiger partial charge in [0.05, 0.1) is 5.75 Å². The Hall–Kier alpha value is -0.620. The maximum atomic E-state index is 11.6. The lowest BCUT2D eigenvalue weighted by atomic mass is 10.3. The van der Waals surface area contributed by atoms with Gasteiger partial charge in [0.15, 0.2) is 0 Å². The molecule has 1 saturated heterocycles. The van der Waals surface area contributed by atoms with Crippen LogP contribution in [-0.4, -0.2) is 57.4 Å². The van der Waals surface area contributed by atoms with Crippen LogP contribution in [0.25, 0.3) is 0 Å². The second-order valence-electron chi connectivity index (χ2n) is 4.22. The fraction of sp³-hybridized carbons (Fsp3) is 0.900. The molecule has 0 aromatic heterocycles. The van der Waals surface area contributed by atoms with Crippen LogP contribution in [0.5, 0.6) is 0 Å². The summed E-state index contributed by atoms with van der Waals surface area (Å²) >= 11 is 0. The molecule has 1 aliphatic heterocycles. The lowest BCUT2D eigenvalue weighted by Crippen LogP contribution is -2.31. The Labute approximate surface area is 97.1 Å². The molecule has 0 bridgehead atoms. The van der Waals surface area contributed by atoms with E-state index < -0.39 is 9.84 Å². The summed E-state index contributed by atoms with van der Waals surface area (Å²) in [4.78, 5) is 13.4. The number of carbonyl (C=O) groups excluding carboxylic acids is 1. The molecule has 1 amide bonds. The third kappa shape index (κ3) is 5.46. The van der Waals surface area contributed by atoms with E-state index in [2.05, 4.69) is 5.32 Å². The van der Waals surface area contributed by atoms with E-state index in [1.165, 1.54) is 6.26 Å². The van der Waals surface area contributed by atoms with Gasteiger partial charge in [0.2, 0.25) is 5.91 Å². The van der Waals surface area contributed by atoms with Gasteiger partial charge in [-0.05, 0) is 12.8 Å². The molecule has 0 saturated carbocycles. The average Bonchev–Trinajstić information content (AvgIpc) is 2.67. The van der Waals surface area contributed by atoms with Gasteiger partial charge >= 0.3 is 0 Å². The highest BCUT2D eigenvalue weighted by Gasteiger charge is 2.16. The van der Waals surface area contributed by atoms with Crippen LogP contribution in [0.2, 0.25) is 0 Å². The first-order valence-electron chi connectivity index (χ1n) is 5.65. The largest absolute Gasteiger partial charge is 0.343 e. The minimum Gasteiger partial charge on any atom is -0.343 e. The molecule has 94 valence electrons. The predicted molar refractivity (Wildman–Crippen MR) is 63.0 cm³/mol. The zero-order valence-electron chi connectivity index (χ0n) is 9.74. The number of rotatable bonds is 6. The fourth-order valence-corrected chi connectivity index (χ4v) is 2.22. The highest BCUT2D eigenvalue weighted by atomic mass is 32.2. The molecule has 1 N–H and O–H groups in total. The molecule has 0 radical (unpaired) electrons. The molecular formula is C10H20N2O3S. The van der Waals surface area contributed by atoms with Gasteiger partial charge in [-0.15, -0.1) is 0 Å².